The van der Waals surface area contributed by atoms with Crippen molar-refractivity contribution in [2.24, 2.45) is 0 Å². The number of hydrogen-bond donors (Lipinski definition) is 0. The van der Waals surface area contributed by atoms with Crippen LogP contribution in [0.2, 0.25) is 0 Å². The first-order valence-electron chi connectivity index (χ1n) is 10.8. The highest BCUT2D eigenvalue weighted by Crippen LogP contribution is 2.24. The predicted molar refractivity (Wildman–Crippen MR) is 127 cm³/mol. The SMILES string of the molecule is CCn1c(CN2CCN(c3ccc([N+](=O)[O-])cc3)CC2)nc2cc(S(=O)(=O)N(C)C)ccc21. The van der Waals surface area contributed by atoms with Crippen LogP contribution in [-0.4, -0.2) is 72.4 Å². The molecule has 0 saturated carbocycles. The number of piperazine rings is 1. The average Bonchev–Trinajstić information content (AvgIpc) is 3.15. The van der Waals surface area contributed by atoms with Crippen molar-refractivity contribution in [1.29, 1.82) is 0 Å². The zero-order chi connectivity index (χ0) is 23.8. The molecule has 0 amide bonds. The van der Waals surface area contributed by atoms with Gasteiger partial charge < -0.3 is 9.47 Å². The molecular weight excluding hydrogens is 444 g/mol. The molecule has 4 rings (SSSR count). The summed E-state index contributed by atoms with van der Waals surface area (Å²) >= 11 is 0. The first kappa shape index (κ1) is 23.1. The second-order valence-corrected chi connectivity index (χ2v) is 10.4. The minimum Gasteiger partial charge on any atom is -0.369 e. The van der Waals surface area contributed by atoms with Crippen molar-refractivity contribution < 1.29 is 13.3 Å². The lowest BCUT2D eigenvalue weighted by Crippen LogP contribution is -2.46. The molecule has 2 aromatic carbocycles. The van der Waals surface area contributed by atoms with Gasteiger partial charge in [-0.2, -0.15) is 0 Å². The molecule has 0 N–H and O–H groups in total. The van der Waals surface area contributed by atoms with Crippen LogP contribution in [0.3, 0.4) is 0 Å². The van der Waals surface area contributed by atoms with Crippen LogP contribution in [0.4, 0.5) is 11.4 Å². The van der Waals surface area contributed by atoms with Crippen LogP contribution in [-0.2, 0) is 23.1 Å². The summed E-state index contributed by atoms with van der Waals surface area (Å²) in [6.07, 6.45) is 0. The Balaban J connectivity index is 1.48. The molecule has 1 aliphatic heterocycles. The molecule has 0 aliphatic carbocycles. The standard InChI is InChI=1S/C22H28N6O4S/c1-4-27-21-10-9-19(33(31,32)24(2)3)15-20(21)23-22(27)16-25-11-13-26(14-12-25)17-5-7-18(8-6-17)28(29)30/h5-10,15H,4,11-14,16H2,1-3H3. The van der Waals surface area contributed by atoms with E-state index in [4.69, 9.17) is 4.98 Å². The van der Waals surface area contributed by atoms with E-state index in [1.165, 1.54) is 30.5 Å². The summed E-state index contributed by atoms with van der Waals surface area (Å²) in [5.74, 6) is 0.913. The molecule has 0 spiro atoms. The van der Waals surface area contributed by atoms with Crippen LogP contribution >= 0.6 is 0 Å². The summed E-state index contributed by atoms with van der Waals surface area (Å²) in [6, 6.07) is 11.8. The van der Waals surface area contributed by atoms with Crippen molar-refractivity contribution >= 4 is 32.4 Å². The maximum Gasteiger partial charge on any atom is 0.269 e. The minimum absolute atomic E-state index is 0.0948. The molecule has 1 fully saturated rings. The molecule has 0 radical (unpaired) electrons. The van der Waals surface area contributed by atoms with E-state index < -0.39 is 10.0 Å². The number of aryl methyl sites for hydroxylation is 1. The van der Waals surface area contributed by atoms with Gasteiger partial charge in [0.15, 0.2) is 0 Å². The van der Waals surface area contributed by atoms with E-state index in [1.807, 2.05) is 6.07 Å². The lowest BCUT2D eigenvalue weighted by Gasteiger charge is -2.35. The molecule has 0 unspecified atom stereocenters. The molecule has 2 heterocycles. The van der Waals surface area contributed by atoms with Gasteiger partial charge in [0.1, 0.15) is 5.82 Å². The average molecular weight is 473 g/mol. The van der Waals surface area contributed by atoms with Crippen molar-refractivity contribution in [3.63, 3.8) is 0 Å². The monoisotopic (exact) mass is 472 g/mol. The number of non-ortho nitro benzene ring substituents is 1. The molecular formula is C22H28N6O4S. The van der Waals surface area contributed by atoms with Crippen molar-refractivity contribution in [3.8, 4) is 0 Å². The number of imidazole rings is 1. The van der Waals surface area contributed by atoms with E-state index in [2.05, 4.69) is 21.3 Å². The maximum absolute atomic E-state index is 12.5. The Morgan fingerprint density at radius 1 is 1.06 bits per heavy atom. The van der Waals surface area contributed by atoms with Crippen LogP contribution in [0.15, 0.2) is 47.4 Å². The molecule has 11 heteroatoms. The lowest BCUT2D eigenvalue weighted by molar-refractivity contribution is -0.384. The molecule has 0 atom stereocenters. The number of nitrogens with zero attached hydrogens (tertiary/aromatic N) is 6. The number of sulfonamides is 1. The first-order valence-corrected chi connectivity index (χ1v) is 12.3. The fourth-order valence-electron chi connectivity index (χ4n) is 4.15. The van der Waals surface area contributed by atoms with Gasteiger partial charge >= 0.3 is 0 Å². The van der Waals surface area contributed by atoms with Crippen molar-refractivity contribution in [2.45, 2.75) is 24.9 Å². The Morgan fingerprint density at radius 3 is 2.30 bits per heavy atom. The quantitative estimate of drug-likeness (QED) is 0.384. The largest absolute Gasteiger partial charge is 0.369 e. The van der Waals surface area contributed by atoms with Gasteiger partial charge in [-0.05, 0) is 37.3 Å². The van der Waals surface area contributed by atoms with Gasteiger partial charge in [-0.25, -0.2) is 17.7 Å². The normalized spacial score (nSPS) is 15.5. The number of nitro benzene ring substituents is 1. The summed E-state index contributed by atoms with van der Waals surface area (Å²) < 4.78 is 28.3. The van der Waals surface area contributed by atoms with E-state index >= 15 is 0 Å². The zero-order valence-electron chi connectivity index (χ0n) is 19.0. The van der Waals surface area contributed by atoms with Gasteiger partial charge in [0.05, 0.1) is 27.4 Å². The van der Waals surface area contributed by atoms with Gasteiger partial charge in [-0.3, -0.25) is 15.0 Å². The third-order valence-electron chi connectivity index (χ3n) is 6.06. The van der Waals surface area contributed by atoms with E-state index in [1.54, 1.807) is 24.3 Å². The van der Waals surface area contributed by atoms with Crippen LogP contribution in [0.1, 0.15) is 12.7 Å². The summed E-state index contributed by atoms with van der Waals surface area (Å²) in [4.78, 5) is 20.0. The van der Waals surface area contributed by atoms with Gasteiger partial charge in [0, 0.05) is 64.6 Å². The number of benzene rings is 2. The summed E-state index contributed by atoms with van der Waals surface area (Å²) in [5, 5.41) is 10.9. The van der Waals surface area contributed by atoms with Gasteiger partial charge in [-0.1, -0.05) is 0 Å². The Morgan fingerprint density at radius 2 is 1.73 bits per heavy atom. The van der Waals surface area contributed by atoms with E-state index in [0.717, 1.165) is 49.8 Å². The fraction of sp³-hybridized carbons (Fsp3) is 0.409. The van der Waals surface area contributed by atoms with Gasteiger partial charge in [-0.15, -0.1) is 0 Å². The molecule has 33 heavy (non-hydrogen) atoms. The summed E-state index contributed by atoms with van der Waals surface area (Å²) in [7, 11) is -0.476. The molecule has 1 aliphatic rings. The molecule has 176 valence electrons. The predicted octanol–water partition coefficient (Wildman–Crippen LogP) is 2.54. The second kappa shape index (κ2) is 9.08. The summed E-state index contributed by atoms with van der Waals surface area (Å²) in [5.41, 5.74) is 2.68. The summed E-state index contributed by atoms with van der Waals surface area (Å²) in [6.45, 7) is 6.78. The van der Waals surface area contributed by atoms with E-state index in [0.29, 0.717) is 12.1 Å². The number of aromatic nitrogens is 2. The third kappa shape index (κ3) is 4.56. The zero-order valence-corrected chi connectivity index (χ0v) is 19.8. The number of hydrogen-bond acceptors (Lipinski definition) is 7. The first-order chi connectivity index (χ1) is 15.7. The van der Waals surface area contributed by atoms with Crippen LogP contribution < -0.4 is 4.90 Å². The van der Waals surface area contributed by atoms with E-state index in [9.17, 15) is 18.5 Å². The fourth-order valence-corrected chi connectivity index (χ4v) is 5.08. The maximum atomic E-state index is 12.5. The Labute approximate surface area is 193 Å². The minimum atomic E-state index is -3.52. The highest BCUT2D eigenvalue weighted by Gasteiger charge is 2.22. The second-order valence-electron chi connectivity index (χ2n) is 8.25. The Bertz CT molecular complexity index is 1260. The molecule has 0 bridgehead atoms. The number of nitro groups is 1. The highest BCUT2D eigenvalue weighted by atomic mass is 32.2. The molecule has 3 aromatic rings. The smallest absolute Gasteiger partial charge is 0.269 e. The number of rotatable bonds is 7. The van der Waals surface area contributed by atoms with Crippen LogP contribution in [0, 0.1) is 10.1 Å². The van der Waals surface area contributed by atoms with E-state index in [-0.39, 0.29) is 15.5 Å². The van der Waals surface area contributed by atoms with Crippen LogP contribution in [0.25, 0.3) is 11.0 Å². The van der Waals surface area contributed by atoms with Crippen molar-refractivity contribution in [1.82, 2.24) is 18.8 Å². The molecule has 1 aromatic heterocycles. The lowest BCUT2D eigenvalue weighted by atomic mass is 10.2. The van der Waals surface area contributed by atoms with Gasteiger partial charge in [0.25, 0.3) is 5.69 Å². The van der Waals surface area contributed by atoms with Crippen molar-refractivity contribution in [2.75, 3.05) is 45.2 Å². The Kier molecular flexibility index (Phi) is 6.37. The molecule has 10 nitrogen and oxygen atoms in total. The van der Waals surface area contributed by atoms with Gasteiger partial charge in [0.2, 0.25) is 10.0 Å². The topological polar surface area (TPSA) is 105 Å². The number of fused-ring (bicyclic) bond motifs is 1. The molecule has 1 saturated heterocycles. The van der Waals surface area contributed by atoms with Crippen molar-refractivity contribution in [3.05, 3.63) is 58.4 Å². The number of anilines is 1. The van der Waals surface area contributed by atoms with Crippen LogP contribution in [0.5, 0.6) is 0 Å². The Hall–Kier alpha value is -3.02. The highest BCUT2D eigenvalue weighted by molar-refractivity contribution is 7.89. The third-order valence-corrected chi connectivity index (χ3v) is 7.87.